The van der Waals surface area contributed by atoms with Crippen LogP contribution < -0.4 is 16.7 Å². The first kappa shape index (κ1) is 15.4. The summed E-state index contributed by atoms with van der Waals surface area (Å²) in [5, 5.41) is 15.0. The van der Waals surface area contributed by atoms with Crippen LogP contribution in [0.5, 0.6) is 5.88 Å². The van der Waals surface area contributed by atoms with E-state index in [2.05, 4.69) is 10.5 Å². The highest BCUT2D eigenvalue weighted by atomic mass is 35.5. The van der Waals surface area contributed by atoms with Crippen molar-refractivity contribution in [1.82, 2.24) is 14.6 Å². The van der Waals surface area contributed by atoms with Gasteiger partial charge in [0.1, 0.15) is 5.56 Å². The summed E-state index contributed by atoms with van der Waals surface area (Å²) in [4.78, 5) is 24.1. The van der Waals surface area contributed by atoms with Gasteiger partial charge in [0, 0.05) is 25.5 Å². The molecule has 0 fully saturated rings. The Balaban J connectivity index is 1.98. The molecule has 7 nitrogen and oxygen atoms in total. The molecule has 1 atom stereocenters. The fourth-order valence-electron chi connectivity index (χ4n) is 2.57. The Morgan fingerprint density at radius 1 is 1.22 bits per heavy atom. The molecule has 23 heavy (non-hydrogen) atoms. The summed E-state index contributed by atoms with van der Waals surface area (Å²) in [6.45, 7) is 0. The summed E-state index contributed by atoms with van der Waals surface area (Å²) < 4.78 is 1.97. The van der Waals surface area contributed by atoms with Crippen molar-refractivity contribution in [2.45, 2.75) is 12.5 Å². The number of rotatable bonds is 2. The predicted molar refractivity (Wildman–Crippen MR) is 87.1 cm³/mol. The maximum Gasteiger partial charge on any atom is 0.333 e. The summed E-state index contributed by atoms with van der Waals surface area (Å²) in [5.41, 5.74) is 3.22. The van der Waals surface area contributed by atoms with Crippen LogP contribution >= 0.6 is 11.6 Å². The summed E-state index contributed by atoms with van der Waals surface area (Å²) in [7, 11) is 2.77. The number of hydrazone groups is 1. The van der Waals surface area contributed by atoms with Gasteiger partial charge >= 0.3 is 5.69 Å². The molecule has 0 aliphatic carbocycles. The highest BCUT2D eigenvalue weighted by Crippen LogP contribution is 2.26. The van der Waals surface area contributed by atoms with Crippen molar-refractivity contribution in [2.24, 2.45) is 19.2 Å². The van der Waals surface area contributed by atoms with Gasteiger partial charge in [-0.15, -0.1) is 0 Å². The molecular weight excluding hydrogens is 320 g/mol. The first-order valence-corrected chi connectivity index (χ1v) is 7.35. The van der Waals surface area contributed by atoms with Gasteiger partial charge < -0.3 is 10.5 Å². The Kier molecular flexibility index (Phi) is 3.73. The Labute approximate surface area is 136 Å². The largest absolute Gasteiger partial charge is 0.494 e. The van der Waals surface area contributed by atoms with E-state index in [1.807, 2.05) is 12.1 Å². The average molecular weight is 335 g/mol. The van der Waals surface area contributed by atoms with E-state index >= 15 is 0 Å². The number of nitrogens with zero attached hydrogens (tertiary/aromatic N) is 3. The third kappa shape index (κ3) is 2.53. The first-order valence-electron chi connectivity index (χ1n) is 6.97. The molecule has 3 rings (SSSR count). The number of nitrogens with one attached hydrogen (secondary N) is 1. The normalized spacial score (nSPS) is 17.0. The third-order valence-electron chi connectivity index (χ3n) is 3.95. The highest BCUT2D eigenvalue weighted by Gasteiger charge is 2.27. The lowest BCUT2D eigenvalue weighted by molar-refractivity contribution is 0.410. The maximum atomic E-state index is 12.3. The van der Waals surface area contributed by atoms with Gasteiger partial charge in [-0.1, -0.05) is 23.7 Å². The lowest BCUT2D eigenvalue weighted by Crippen LogP contribution is -2.39. The molecular formula is C15H15ClN4O3. The molecule has 120 valence electrons. The highest BCUT2D eigenvalue weighted by molar-refractivity contribution is 6.30. The zero-order valence-corrected chi connectivity index (χ0v) is 13.3. The van der Waals surface area contributed by atoms with Gasteiger partial charge in [0.05, 0.1) is 11.8 Å². The van der Waals surface area contributed by atoms with E-state index in [4.69, 9.17) is 11.6 Å². The molecule has 2 heterocycles. The Morgan fingerprint density at radius 2 is 1.87 bits per heavy atom. The van der Waals surface area contributed by atoms with Crippen molar-refractivity contribution in [1.29, 1.82) is 0 Å². The molecule has 0 radical (unpaired) electrons. The molecule has 0 bridgehead atoms. The van der Waals surface area contributed by atoms with Crippen LogP contribution in [0.2, 0.25) is 5.02 Å². The lowest BCUT2D eigenvalue weighted by Gasteiger charge is -2.11. The second kappa shape index (κ2) is 5.58. The summed E-state index contributed by atoms with van der Waals surface area (Å²) in [6.07, 6.45) is 0.419. The third-order valence-corrected chi connectivity index (χ3v) is 4.20. The van der Waals surface area contributed by atoms with E-state index < -0.39 is 11.2 Å². The van der Waals surface area contributed by atoms with Crippen molar-refractivity contribution in [3.63, 3.8) is 0 Å². The van der Waals surface area contributed by atoms with Crippen molar-refractivity contribution in [3.05, 3.63) is 61.3 Å². The van der Waals surface area contributed by atoms with Gasteiger partial charge in [0.15, 0.2) is 0 Å². The number of halogens is 1. The summed E-state index contributed by atoms with van der Waals surface area (Å²) in [5.74, 6) is -0.379. The van der Waals surface area contributed by atoms with Gasteiger partial charge in [0.2, 0.25) is 5.88 Å². The Bertz CT molecular complexity index is 912. The zero-order valence-electron chi connectivity index (χ0n) is 12.6. The zero-order chi connectivity index (χ0) is 16.7. The SMILES string of the molecule is Cn1c(O)c(C2=NN[C@@H](c3ccc(Cl)cc3)C2)c(=O)n(C)c1=O. The van der Waals surface area contributed by atoms with Crippen molar-refractivity contribution < 1.29 is 5.11 Å². The lowest BCUT2D eigenvalue weighted by atomic mass is 10.00. The molecule has 8 heteroatoms. The number of benzene rings is 1. The van der Waals surface area contributed by atoms with E-state index in [1.54, 1.807) is 12.1 Å². The van der Waals surface area contributed by atoms with Crippen LogP contribution in [-0.2, 0) is 14.1 Å². The van der Waals surface area contributed by atoms with Crippen LogP contribution in [0.1, 0.15) is 23.6 Å². The van der Waals surface area contributed by atoms with Gasteiger partial charge in [0.25, 0.3) is 5.56 Å². The molecule has 1 aromatic carbocycles. The fourth-order valence-corrected chi connectivity index (χ4v) is 2.70. The molecule has 2 aromatic rings. The topological polar surface area (TPSA) is 88.6 Å². The van der Waals surface area contributed by atoms with Gasteiger partial charge in [-0.2, -0.15) is 5.10 Å². The predicted octanol–water partition coefficient (Wildman–Crippen LogP) is 0.882. The molecule has 0 spiro atoms. The Morgan fingerprint density at radius 3 is 2.52 bits per heavy atom. The molecule has 0 saturated heterocycles. The first-order chi connectivity index (χ1) is 10.9. The molecule has 1 aromatic heterocycles. The number of aromatic nitrogens is 2. The quantitative estimate of drug-likeness (QED) is 0.853. The van der Waals surface area contributed by atoms with Gasteiger partial charge in [-0.05, 0) is 17.7 Å². The Hall–Kier alpha value is -2.54. The van der Waals surface area contributed by atoms with Crippen molar-refractivity contribution >= 4 is 17.3 Å². The monoisotopic (exact) mass is 334 g/mol. The molecule has 0 amide bonds. The van der Waals surface area contributed by atoms with Crippen LogP contribution in [0.25, 0.3) is 0 Å². The number of hydrogen-bond acceptors (Lipinski definition) is 5. The van der Waals surface area contributed by atoms with E-state index in [0.29, 0.717) is 17.2 Å². The second-order valence-corrected chi connectivity index (χ2v) is 5.84. The average Bonchev–Trinajstić information content (AvgIpc) is 3.01. The van der Waals surface area contributed by atoms with Crippen LogP contribution in [0.4, 0.5) is 0 Å². The van der Waals surface area contributed by atoms with Crippen LogP contribution in [0, 0.1) is 0 Å². The van der Waals surface area contributed by atoms with Crippen molar-refractivity contribution in [3.8, 4) is 5.88 Å². The molecule has 0 saturated carbocycles. The van der Waals surface area contributed by atoms with E-state index in [0.717, 1.165) is 14.7 Å². The smallest absolute Gasteiger partial charge is 0.333 e. The second-order valence-electron chi connectivity index (χ2n) is 5.40. The molecule has 0 unspecified atom stereocenters. The van der Waals surface area contributed by atoms with Gasteiger partial charge in [-0.3, -0.25) is 13.9 Å². The summed E-state index contributed by atoms with van der Waals surface area (Å²) in [6, 6.07) is 7.18. The van der Waals surface area contributed by atoms with E-state index in [9.17, 15) is 14.7 Å². The minimum absolute atomic E-state index is 0.0403. The standard InChI is InChI=1S/C15H15ClN4O3/c1-19-13(21)12(14(22)20(2)15(19)23)11-7-10(17-18-11)8-3-5-9(16)6-4-8/h3-6,10,17,21H,7H2,1-2H3/t10-/m1/s1. The number of aromatic hydroxyl groups is 1. The molecule has 1 aliphatic heterocycles. The van der Waals surface area contributed by atoms with Crippen LogP contribution in [0.15, 0.2) is 39.0 Å². The minimum atomic E-state index is -0.586. The van der Waals surface area contributed by atoms with Crippen LogP contribution in [0.3, 0.4) is 0 Å². The molecule has 2 N–H and O–H groups in total. The molecule has 1 aliphatic rings. The summed E-state index contributed by atoms with van der Waals surface area (Å²) >= 11 is 5.88. The van der Waals surface area contributed by atoms with E-state index in [-0.39, 0.29) is 17.5 Å². The number of hydrogen-bond donors (Lipinski definition) is 2. The van der Waals surface area contributed by atoms with Crippen LogP contribution in [-0.4, -0.2) is 20.0 Å². The maximum absolute atomic E-state index is 12.3. The van der Waals surface area contributed by atoms with E-state index in [1.165, 1.54) is 14.1 Å². The fraction of sp³-hybridized carbons (Fsp3) is 0.267. The van der Waals surface area contributed by atoms with Gasteiger partial charge in [-0.25, -0.2) is 4.79 Å². The van der Waals surface area contributed by atoms with Crippen molar-refractivity contribution in [2.75, 3.05) is 0 Å². The minimum Gasteiger partial charge on any atom is -0.494 e.